The minimum absolute atomic E-state index is 0.0573. The Morgan fingerprint density at radius 1 is 0.600 bits per heavy atom. The Labute approximate surface area is 122 Å². The highest BCUT2D eigenvalue weighted by molar-refractivity contribution is 6.01. The summed E-state index contributed by atoms with van der Waals surface area (Å²) in [5.41, 5.74) is 2.49. The van der Waals surface area contributed by atoms with Crippen LogP contribution in [0.5, 0.6) is 0 Å². The molecule has 0 bridgehead atoms. The molecule has 0 fully saturated rings. The Balaban J connectivity index is 2.52. The summed E-state index contributed by atoms with van der Waals surface area (Å²) in [6, 6.07) is 12.9. The van der Waals surface area contributed by atoms with Crippen molar-refractivity contribution in [3.8, 4) is 0 Å². The highest BCUT2D eigenvalue weighted by atomic mass is 15.0. The highest BCUT2D eigenvalue weighted by Gasteiger charge is 2.14. The van der Waals surface area contributed by atoms with Gasteiger partial charge in [0.15, 0.2) is 0 Å². The van der Waals surface area contributed by atoms with Gasteiger partial charge in [0.1, 0.15) is 0 Å². The molecule has 2 rings (SSSR count). The summed E-state index contributed by atoms with van der Waals surface area (Å²) in [7, 11) is 0. The fourth-order valence-corrected chi connectivity index (χ4v) is 2.34. The Kier molecular flexibility index (Phi) is 3.68. The van der Waals surface area contributed by atoms with Crippen molar-refractivity contribution in [2.75, 3.05) is 10.6 Å². The molecular weight excluding hydrogens is 244 g/mol. The summed E-state index contributed by atoms with van der Waals surface area (Å²) in [6.45, 7) is 13.1. The van der Waals surface area contributed by atoms with Gasteiger partial charge >= 0.3 is 0 Å². The standard InChI is InChI=1S/C18H26N2/c1-17(2,3)19-15-11-7-10-14-13(15)9-8-12-16(14)20-18(4,5)6/h7-12,19-20H,1-6H3. The number of hydrogen-bond acceptors (Lipinski definition) is 2. The van der Waals surface area contributed by atoms with Crippen LogP contribution in [0.4, 0.5) is 11.4 Å². The molecular formula is C18H26N2. The molecule has 108 valence electrons. The van der Waals surface area contributed by atoms with E-state index < -0.39 is 0 Å². The molecule has 0 unspecified atom stereocenters. The maximum atomic E-state index is 3.59. The number of benzene rings is 2. The Bertz CT molecular complexity index is 546. The predicted molar refractivity (Wildman–Crippen MR) is 90.7 cm³/mol. The van der Waals surface area contributed by atoms with E-state index in [0.717, 1.165) is 0 Å². The minimum atomic E-state index is 0.0573. The van der Waals surface area contributed by atoms with Crippen LogP contribution in [0.1, 0.15) is 41.5 Å². The van der Waals surface area contributed by atoms with Gasteiger partial charge in [-0.3, -0.25) is 0 Å². The average Bonchev–Trinajstić information content (AvgIpc) is 2.26. The lowest BCUT2D eigenvalue weighted by Crippen LogP contribution is -2.27. The van der Waals surface area contributed by atoms with Crippen molar-refractivity contribution in [2.45, 2.75) is 52.6 Å². The maximum absolute atomic E-state index is 3.59. The lowest BCUT2D eigenvalue weighted by atomic mass is 10.0. The molecule has 0 spiro atoms. The van der Waals surface area contributed by atoms with Gasteiger partial charge in [0.2, 0.25) is 0 Å². The zero-order valence-electron chi connectivity index (χ0n) is 13.5. The van der Waals surface area contributed by atoms with Crippen LogP contribution in [0.2, 0.25) is 0 Å². The number of rotatable bonds is 2. The zero-order chi connectivity index (χ0) is 15.0. The minimum Gasteiger partial charge on any atom is -0.380 e. The van der Waals surface area contributed by atoms with Crippen molar-refractivity contribution < 1.29 is 0 Å². The van der Waals surface area contributed by atoms with Crippen LogP contribution in [0.25, 0.3) is 10.8 Å². The topological polar surface area (TPSA) is 24.1 Å². The van der Waals surface area contributed by atoms with Crippen LogP contribution in [0.3, 0.4) is 0 Å². The molecule has 0 amide bonds. The SMILES string of the molecule is CC(C)(C)Nc1cccc2c(NC(C)(C)C)cccc12. The second-order valence-corrected chi connectivity index (χ2v) is 7.46. The molecule has 2 nitrogen and oxygen atoms in total. The van der Waals surface area contributed by atoms with Crippen molar-refractivity contribution >= 4 is 22.1 Å². The lowest BCUT2D eigenvalue weighted by molar-refractivity contribution is 0.634. The molecule has 2 aromatic carbocycles. The quantitative estimate of drug-likeness (QED) is 0.777. The van der Waals surface area contributed by atoms with Gasteiger partial charge in [-0.25, -0.2) is 0 Å². The summed E-state index contributed by atoms with van der Waals surface area (Å²) in [5, 5.41) is 9.69. The van der Waals surface area contributed by atoms with Crippen molar-refractivity contribution in [1.29, 1.82) is 0 Å². The number of anilines is 2. The van der Waals surface area contributed by atoms with Crippen molar-refractivity contribution in [1.82, 2.24) is 0 Å². The fraction of sp³-hybridized carbons (Fsp3) is 0.444. The van der Waals surface area contributed by atoms with Gasteiger partial charge in [-0.1, -0.05) is 24.3 Å². The molecule has 0 aliphatic heterocycles. The van der Waals surface area contributed by atoms with Crippen LogP contribution in [-0.4, -0.2) is 11.1 Å². The summed E-state index contributed by atoms with van der Waals surface area (Å²) in [5.74, 6) is 0. The van der Waals surface area contributed by atoms with Crippen LogP contribution >= 0.6 is 0 Å². The lowest BCUT2D eigenvalue weighted by Gasteiger charge is -2.26. The summed E-state index contributed by atoms with van der Waals surface area (Å²) in [6.07, 6.45) is 0. The summed E-state index contributed by atoms with van der Waals surface area (Å²) < 4.78 is 0. The third kappa shape index (κ3) is 3.66. The third-order valence-electron chi connectivity index (χ3n) is 2.94. The largest absolute Gasteiger partial charge is 0.380 e. The first-order valence-corrected chi connectivity index (χ1v) is 7.24. The van der Waals surface area contributed by atoms with Crippen LogP contribution in [-0.2, 0) is 0 Å². The summed E-state index contributed by atoms with van der Waals surface area (Å²) >= 11 is 0. The molecule has 2 N–H and O–H groups in total. The summed E-state index contributed by atoms with van der Waals surface area (Å²) in [4.78, 5) is 0. The van der Waals surface area contributed by atoms with Gasteiger partial charge in [0.05, 0.1) is 0 Å². The van der Waals surface area contributed by atoms with Crippen LogP contribution < -0.4 is 10.6 Å². The number of fused-ring (bicyclic) bond motifs is 1. The highest BCUT2D eigenvalue weighted by Crippen LogP contribution is 2.31. The fourth-order valence-electron chi connectivity index (χ4n) is 2.34. The average molecular weight is 270 g/mol. The first kappa shape index (κ1) is 14.7. The van der Waals surface area contributed by atoms with Crippen molar-refractivity contribution in [3.05, 3.63) is 36.4 Å². The van der Waals surface area contributed by atoms with Gasteiger partial charge in [-0.05, 0) is 53.7 Å². The van der Waals surface area contributed by atoms with E-state index >= 15 is 0 Å². The molecule has 0 atom stereocenters. The third-order valence-corrected chi connectivity index (χ3v) is 2.94. The number of nitrogens with one attached hydrogen (secondary N) is 2. The molecule has 2 aromatic rings. The van der Waals surface area contributed by atoms with Crippen molar-refractivity contribution in [2.24, 2.45) is 0 Å². The smallest absolute Gasteiger partial charge is 0.0424 e. The molecule has 0 saturated heterocycles. The molecule has 0 radical (unpaired) electrons. The first-order chi connectivity index (χ1) is 9.16. The Morgan fingerprint density at radius 3 is 1.25 bits per heavy atom. The van der Waals surface area contributed by atoms with Gasteiger partial charge in [-0.15, -0.1) is 0 Å². The molecule has 0 aliphatic rings. The molecule has 0 saturated carbocycles. The number of hydrogen-bond donors (Lipinski definition) is 2. The molecule has 0 aromatic heterocycles. The van der Waals surface area contributed by atoms with E-state index in [9.17, 15) is 0 Å². The van der Waals surface area contributed by atoms with E-state index in [-0.39, 0.29) is 11.1 Å². The first-order valence-electron chi connectivity index (χ1n) is 7.24. The van der Waals surface area contributed by atoms with Gasteiger partial charge < -0.3 is 10.6 Å². The monoisotopic (exact) mass is 270 g/mol. The van der Waals surface area contributed by atoms with E-state index in [1.165, 1.54) is 22.1 Å². The molecule has 2 heteroatoms. The second-order valence-electron chi connectivity index (χ2n) is 7.46. The van der Waals surface area contributed by atoms with E-state index in [4.69, 9.17) is 0 Å². The zero-order valence-corrected chi connectivity index (χ0v) is 13.5. The van der Waals surface area contributed by atoms with Crippen LogP contribution in [0, 0.1) is 0 Å². The normalized spacial score (nSPS) is 12.5. The van der Waals surface area contributed by atoms with E-state index in [1.54, 1.807) is 0 Å². The molecule has 0 aliphatic carbocycles. The van der Waals surface area contributed by atoms with E-state index in [1.807, 2.05) is 0 Å². The second kappa shape index (κ2) is 5.01. The van der Waals surface area contributed by atoms with Gasteiger partial charge in [0, 0.05) is 33.2 Å². The maximum Gasteiger partial charge on any atom is 0.0424 e. The predicted octanol–water partition coefficient (Wildman–Crippen LogP) is 5.26. The van der Waals surface area contributed by atoms with Gasteiger partial charge in [-0.2, -0.15) is 0 Å². The molecule has 0 heterocycles. The Hall–Kier alpha value is -1.70. The van der Waals surface area contributed by atoms with Crippen molar-refractivity contribution in [3.63, 3.8) is 0 Å². The molecule has 20 heavy (non-hydrogen) atoms. The van der Waals surface area contributed by atoms with E-state index in [2.05, 4.69) is 88.6 Å². The van der Waals surface area contributed by atoms with Gasteiger partial charge in [0.25, 0.3) is 0 Å². The van der Waals surface area contributed by atoms with E-state index in [0.29, 0.717) is 0 Å². The Morgan fingerprint density at radius 2 is 0.950 bits per heavy atom. The van der Waals surface area contributed by atoms with Crippen LogP contribution in [0.15, 0.2) is 36.4 Å².